The second-order valence-corrected chi connectivity index (χ2v) is 13.4. The van der Waals surface area contributed by atoms with Crippen LogP contribution in [0.2, 0.25) is 0 Å². The van der Waals surface area contributed by atoms with Crippen LogP contribution >= 0.6 is 0 Å². The van der Waals surface area contributed by atoms with E-state index in [0.29, 0.717) is 23.4 Å². The molecule has 2 aliphatic heterocycles. The summed E-state index contributed by atoms with van der Waals surface area (Å²) in [5.41, 5.74) is 1.68. The van der Waals surface area contributed by atoms with Gasteiger partial charge in [-0.25, -0.2) is 4.79 Å². The Bertz CT molecular complexity index is 997. The van der Waals surface area contributed by atoms with Gasteiger partial charge in [0.1, 0.15) is 5.60 Å². The minimum Gasteiger partial charge on any atom is -0.431 e. The fourth-order valence-corrected chi connectivity index (χ4v) is 10.3. The third-order valence-corrected chi connectivity index (χ3v) is 12.3. The summed E-state index contributed by atoms with van der Waals surface area (Å²) in [7, 11) is 0. The maximum absolute atomic E-state index is 11.6. The lowest BCUT2D eigenvalue weighted by atomic mass is 9.43. The molecule has 1 aromatic heterocycles. The first kappa shape index (κ1) is 23.0. The van der Waals surface area contributed by atoms with Gasteiger partial charge in [-0.05, 0) is 111 Å². The van der Waals surface area contributed by atoms with Crippen LogP contribution in [-0.4, -0.2) is 49.5 Å². The van der Waals surface area contributed by atoms with Crippen molar-refractivity contribution < 1.29 is 13.9 Å². The fraction of sp³-hybridized carbons (Fsp3) is 0.833. The molecule has 5 heteroatoms. The molecule has 9 atom stereocenters. The first-order chi connectivity index (χ1) is 16.9. The first-order valence-corrected chi connectivity index (χ1v) is 14.5. The molecule has 0 unspecified atom stereocenters. The van der Waals surface area contributed by atoms with Crippen LogP contribution in [0.3, 0.4) is 0 Å². The molecule has 4 saturated carbocycles. The molecule has 0 N–H and O–H groups in total. The molecule has 6 aliphatic rings. The maximum atomic E-state index is 11.6. The molecule has 4 aliphatic carbocycles. The summed E-state index contributed by atoms with van der Waals surface area (Å²) < 4.78 is 17.6. The van der Waals surface area contributed by atoms with Crippen molar-refractivity contribution in [2.45, 2.75) is 89.3 Å². The molecule has 1 spiro atoms. The van der Waals surface area contributed by atoms with Crippen molar-refractivity contribution in [3.63, 3.8) is 0 Å². The van der Waals surface area contributed by atoms with Crippen LogP contribution in [0.1, 0.15) is 83.1 Å². The highest BCUT2D eigenvalue weighted by molar-refractivity contribution is 5.35. The topological polar surface area (TPSA) is 55.2 Å². The highest BCUT2D eigenvalue weighted by Crippen LogP contribution is 2.78. The lowest BCUT2D eigenvalue weighted by molar-refractivity contribution is -0.133. The summed E-state index contributed by atoms with van der Waals surface area (Å²) in [6.45, 7) is 10.5. The van der Waals surface area contributed by atoms with Gasteiger partial charge in [-0.1, -0.05) is 13.8 Å². The van der Waals surface area contributed by atoms with Gasteiger partial charge in [0.15, 0.2) is 0 Å². The Morgan fingerprint density at radius 3 is 2.66 bits per heavy atom. The van der Waals surface area contributed by atoms with Crippen LogP contribution in [0.15, 0.2) is 27.6 Å². The highest BCUT2D eigenvalue weighted by atomic mass is 16.6. The molecule has 5 nitrogen and oxygen atoms in total. The van der Waals surface area contributed by atoms with Crippen molar-refractivity contribution in [3.8, 4) is 0 Å². The summed E-state index contributed by atoms with van der Waals surface area (Å²) in [6.07, 6.45) is 14.2. The quantitative estimate of drug-likeness (QED) is 0.551. The summed E-state index contributed by atoms with van der Waals surface area (Å²) >= 11 is 0. The Balaban J connectivity index is 1.07. The van der Waals surface area contributed by atoms with Gasteiger partial charge < -0.3 is 13.9 Å². The minimum atomic E-state index is -0.247. The molecule has 6 fully saturated rings. The van der Waals surface area contributed by atoms with E-state index in [2.05, 4.69) is 18.7 Å². The third-order valence-electron chi connectivity index (χ3n) is 12.3. The monoisotopic (exact) mass is 481 g/mol. The van der Waals surface area contributed by atoms with Crippen LogP contribution < -0.4 is 5.63 Å². The lowest BCUT2D eigenvalue weighted by Gasteiger charge is -2.61. The summed E-state index contributed by atoms with van der Waals surface area (Å²) in [5, 5.41) is 0. The Hall–Kier alpha value is -1.17. The van der Waals surface area contributed by atoms with Crippen molar-refractivity contribution in [2.24, 2.45) is 34.5 Å². The average molecular weight is 482 g/mol. The standard InChI is InChI=1S/C30H43NO4/c1-28-10-7-20(9-12-31-13-15-33-16-14-31)17-22(28)4-5-24-23(28)8-11-29(2)25(18-26-30(24,29)35-26)21-3-6-27(32)34-19-21/h3,6,19-20,22-26H,4-5,7-18H2,1-2H3/t20-,22-,23+,24-,25-,26-,28+,29-,30-/m1/s1. The van der Waals surface area contributed by atoms with E-state index in [9.17, 15) is 4.79 Å². The van der Waals surface area contributed by atoms with Gasteiger partial charge in [-0.15, -0.1) is 0 Å². The number of morpholine rings is 1. The van der Waals surface area contributed by atoms with Gasteiger partial charge in [-0.2, -0.15) is 0 Å². The largest absolute Gasteiger partial charge is 0.431 e. The molecular weight excluding hydrogens is 438 g/mol. The van der Waals surface area contributed by atoms with E-state index in [0.717, 1.165) is 50.5 Å². The molecular formula is C30H43NO4. The van der Waals surface area contributed by atoms with Crippen LogP contribution in [0.5, 0.6) is 0 Å². The minimum absolute atomic E-state index is 0.0673. The molecule has 1 aromatic rings. The van der Waals surface area contributed by atoms with Crippen LogP contribution in [0, 0.1) is 34.5 Å². The number of hydrogen-bond donors (Lipinski definition) is 0. The second kappa shape index (κ2) is 8.16. The fourth-order valence-electron chi connectivity index (χ4n) is 10.3. The number of fused-ring (bicyclic) bond motifs is 3. The third kappa shape index (κ3) is 3.33. The van der Waals surface area contributed by atoms with Gasteiger partial charge in [0.25, 0.3) is 0 Å². The van der Waals surface area contributed by atoms with E-state index in [1.807, 2.05) is 6.07 Å². The first-order valence-electron chi connectivity index (χ1n) is 14.5. The zero-order valence-corrected chi connectivity index (χ0v) is 21.7. The molecule has 0 radical (unpaired) electrons. The Labute approximate surface area is 209 Å². The van der Waals surface area contributed by atoms with E-state index in [-0.39, 0.29) is 16.6 Å². The number of nitrogens with zero attached hydrogens (tertiary/aromatic N) is 1. The van der Waals surface area contributed by atoms with E-state index < -0.39 is 0 Å². The Morgan fingerprint density at radius 2 is 1.86 bits per heavy atom. The molecule has 0 bridgehead atoms. The SMILES string of the molecule is C[C@]12CC[C@H](CCN3CCOCC3)C[C@H]1CC[C@@H]1[C@@H]2CC[C@]2(C)[C@@H](c3ccc(=O)oc3)C[C@H]3O[C@]132. The summed E-state index contributed by atoms with van der Waals surface area (Å²) in [6, 6.07) is 3.62. The molecule has 3 heterocycles. The lowest BCUT2D eigenvalue weighted by Crippen LogP contribution is -2.58. The van der Waals surface area contributed by atoms with Gasteiger partial charge in [0.2, 0.25) is 0 Å². The Kier molecular flexibility index (Phi) is 5.36. The summed E-state index contributed by atoms with van der Waals surface area (Å²) in [4.78, 5) is 14.2. The normalized spacial score (nSPS) is 49.0. The molecule has 35 heavy (non-hydrogen) atoms. The molecule has 0 aromatic carbocycles. The van der Waals surface area contributed by atoms with Gasteiger partial charge in [-0.3, -0.25) is 4.90 Å². The van der Waals surface area contributed by atoms with Crippen molar-refractivity contribution in [1.82, 2.24) is 4.90 Å². The zero-order valence-electron chi connectivity index (χ0n) is 21.7. The highest BCUT2D eigenvalue weighted by Gasteiger charge is 2.80. The Morgan fingerprint density at radius 1 is 1.00 bits per heavy atom. The van der Waals surface area contributed by atoms with Crippen LogP contribution in [0.25, 0.3) is 0 Å². The number of epoxide rings is 1. The second-order valence-electron chi connectivity index (χ2n) is 13.4. The van der Waals surface area contributed by atoms with Crippen molar-refractivity contribution in [1.29, 1.82) is 0 Å². The van der Waals surface area contributed by atoms with Crippen molar-refractivity contribution in [2.75, 3.05) is 32.8 Å². The summed E-state index contributed by atoms with van der Waals surface area (Å²) in [5.74, 6) is 3.77. The van der Waals surface area contributed by atoms with Crippen molar-refractivity contribution >= 4 is 0 Å². The van der Waals surface area contributed by atoms with Gasteiger partial charge in [0.05, 0.1) is 25.6 Å². The predicted molar refractivity (Wildman–Crippen MR) is 134 cm³/mol. The maximum Gasteiger partial charge on any atom is 0.335 e. The number of ether oxygens (including phenoxy) is 2. The molecule has 7 rings (SSSR count). The average Bonchev–Trinajstić information content (AvgIpc) is 3.53. The van der Waals surface area contributed by atoms with E-state index >= 15 is 0 Å². The number of rotatable bonds is 4. The van der Waals surface area contributed by atoms with E-state index in [1.54, 1.807) is 12.3 Å². The van der Waals surface area contributed by atoms with E-state index in [4.69, 9.17) is 13.9 Å². The van der Waals surface area contributed by atoms with Crippen molar-refractivity contribution in [3.05, 3.63) is 34.4 Å². The predicted octanol–water partition coefficient (Wildman–Crippen LogP) is 5.24. The molecule has 0 amide bonds. The number of hydrogen-bond acceptors (Lipinski definition) is 5. The van der Waals surface area contributed by atoms with Crippen LogP contribution in [0.4, 0.5) is 0 Å². The van der Waals surface area contributed by atoms with E-state index in [1.165, 1.54) is 63.5 Å². The smallest absolute Gasteiger partial charge is 0.335 e. The van der Waals surface area contributed by atoms with Gasteiger partial charge in [0, 0.05) is 24.6 Å². The molecule has 2 saturated heterocycles. The zero-order chi connectivity index (χ0) is 23.8. The van der Waals surface area contributed by atoms with Crippen LogP contribution in [-0.2, 0) is 9.47 Å². The van der Waals surface area contributed by atoms with Gasteiger partial charge >= 0.3 is 5.63 Å². The molecule has 192 valence electrons.